The number of unbranched alkanes of at least 4 members (excludes halogenated alkanes) is 3. The van der Waals surface area contributed by atoms with Crippen LogP contribution in [0.3, 0.4) is 0 Å². The van der Waals surface area contributed by atoms with Crippen LogP contribution in [0, 0.1) is 0 Å². The molecule has 0 bridgehead atoms. The molecule has 2 amide bonds. The van der Waals surface area contributed by atoms with Gasteiger partial charge < -0.3 is 20.8 Å². The number of amides is 2. The predicted octanol–water partition coefficient (Wildman–Crippen LogP) is 4.92. The standard InChI is InChI=1S/C28H42N2O3/c1-27(22-31,24-14-6-3-7-15-24)18-10-5-12-20-29-26(33)30-21-13-11-19-28(2,23-32)25-16-8-4-9-17-25/h3-4,6-9,14-17,31-32H,5,10-13,18-23H2,1-2H3,(H2,29,30,33). The van der Waals surface area contributed by atoms with Gasteiger partial charge in [-0.15, -0.1) is 0 Å². The fraction of sp³-hybridized carbons (Fsp3) is 0.536. The summed E-state index contributed by atoms with van der Waals surface area (Å²) in [4.78, 5) is 12.0. The van der Waals surface area contributed by atoms with Gasteiger partial charge in [0.1, 0.15) is 0 Å². The van der Waals surface area contributed by atoms with E-state index in [2.05, 4.69) is 48.7 Å². The lowest BCUT2D eigenvalue weighted by molar-refractivity contribution is 0.193. The summed E-state index contributed by atoms with van der Waals surface area (Å²) < 4.78 is 0. The number of aliphatic hydroxyl groups excluding tert-OH is 2. The van der Waals surface area contributed by atoms with Gasteiger partial charge in [0.15, 0.2) is 0 Å². The van der Waals surface area contributed by atoms with E-state index in [4.69, 9.17) is 0 Å². The second kappa shape index (κ2) is 14.0. The van der Waals surface area contributed by atoms with E-state index < -0.39 is 0 Å². The van der Waals surface area contributed by atoms with E-state index in [1.54, 1.807) is 0 Å². The normalized spacial score (nSPS) is 14.8. The van der Waals surface area contributed by atoms with Crippen molar-refractivity contribution in [3.63, 3.8) is 0 Å². The van der Waals surface area contributed by atoms with E-state index in [1.165, 1.54) is 5.56 Å². The van der Waals surface area contributed by atoms with Crippen molar-refractivity contribution in [2.45, 2.75) is 69.6 Å². The van der Waals surface area contributed by atoms with E-state index in [1.807, 2.05) is 36.4 Å². The van der Waals surface area contributed by atoms with E-state index in [9.17, 15) is 15.0 Å². The van der Waals surface area contributed by atoms with Crippen molar-refractivity contribution in [3.8, 4) is 0 Å². The smallest absolute Gasteiger partial charge is 0.314 e. The van der Waals surface area contributed by atoms with Crippen LogP contribution < -0.4 is 10.6 Å². The van der Waals surface area contributed by atoms with Crippen LogP contribution in [0.25, 0.3) is 0 Å². The largest absolute Gasteiger partial charge is 0.395 e. The van der Waals surface area contributed by atoms with Crippen molar-refractivity contribution >= 4 is 6.03 Å². The Morgan fingerprint density at radius 2 is 1.06 bits per heavy atom. The molecule has 0 aromatic heterocycles. The Hall–Kier alpha value is -2.37. The van der Waals surface area contributed by atoms with Crippen molar-refractivity contribution in [2.75, 3.05) is 26.3 Å². The van der Waals surface area contributed by atoms with Gasteiger partial charge in [-0.2, -0.15) is 0 Å². The first-order chi connectivity index (χ1) is 15.9. The third-order valence-corrected chi connectivity index (χ3v) is 6.77. The second-order valence-corrected chi connectivity index (χ2v) is 9.62. The Labute approximate surface area is 199 Å². The highest BCUT2D eigenvalue weighted by Crippen LogP contribution is 2.30. The predicted molar refractivity (Wildman–Crippen MR) is 135 cm³/mol. The molecule has 0 fully saturated rings. The molecule has 5 nitrogen and oxygen atoms in total. The quantitative estimate of drug-likeness (QED) is 0.288. The molecule has 0 saturated heterocycles. The summed E-state index contributed by atoms with van der Waals surface area (Å²) in [5.41, 5.74) is 1.88. The van der Waals surface area contributed by atoms with E-state index >= 15 is 0 Å². The zero-order valence-electron chi connectivity index (χ0n) is 20.4. The summed E-state index contributed by atoms with van der Waals surface area (Å²) in [6, 6.07) is 20.2. The molecule has 2 atom stereocenters. The topological polar surface area (TPSA) is 81.6 Å². The van der Waals surface area contributed by atoms with Gasteiger partial charge in [0.2, 0.25) is 0 Å². The zero-order chi connectivity index (χ0) is 24.0. The molecular weight excluding hydrogens is 412 g/mol. The molecule has 0 aliphatic heterocycles. The molecule has 33 heavy (non-hydrogen) atoms. The molecule has 2 rings (SSSR count). The van der Waals surface area contributed by atoms with E-state index in [0.29, 0.717) is 13.1 Å². The molecule has 0 radical (unpaired) electrons. The van der Waals surface area contributed by atoms with Crippen molar-refractivity contribution in [1.29, 1.82) is 0 Å². The molecule has 0 heterocycles. The Morgan fingerprint density at radius 1 is 0.667 bits per heavy atom. The van der Waals surface area contributed by atoms with E-state index in [0.717, 1.165) is 50.5 Å². The van der Waals surface area contributed by atoms with Crippen LogP contribution in [0.2, 0.25) is 0 Å². The molecule has 5 heteroatoms. The number of rotatable bonds is 15. The van der Waals surface area contributed by atoms with Crippen LogP contribution in [0.4, 0.5) is 4.79 Å². The highest BCUT2D eigenvalue weighted by atomic mass is 16.3. The molecule has 0 aliphatic carbocycles. The first-order valence-electron chi connectivity index (χ1n) is 12.3. The number of nitrogens with one attached hydrogen (secondary N) is 2. The number of carbonyl (C=O) groups is 1. The SMILES string of the molecule is CC(CO)(CCCCCNC(=O)NCCCCC(C)(CO)c1ccccc1)c1ccccc1. The Morgan fingerprint density at radius 3 is 1.48 bits per heavy atom. The van der Waals surface area contributed by atoms with Crippen LogP contribution >= 0.6 is 0 Å². The molecular formula is C28H42N2O3. The minimum absolute atomic E-state index is 0.118. The average molecular weight is 455 g/mol. The Kier molecular flexibility index (Phi) is 11.4. The molecule has 0 aliphatic rings. The molecule has 0 spiro atoms. The Bertz CT molecular complexity index is 799. The minimum Gasteiger partial charge on any atom is -0.395 e. The number of aliphatic hydroxyl groups is 2. The monoisotopic (exact) mass is 454 g/mol. The summed E-state index contributed by atoms with van der Waals surface area (Å²) in [6.07, 6.45) is 6.59. The Balaban J connectivity index is 1.54. The highest BCUT2D eigenvalue weighted by molar-refractivity contribution is 5.73. The number of urea groups is 1. The number of hydrogen-bond donors (Lipinski definition) is 4. The van der Waals surface area contributed by atoms with Crippen molar-refractivity contribution in [3.05, 3.63) is 71.8 Å². The first-order valence-corrected chi connectivity index (χ1v) is 12.3. The van der Waals surface area contributed by atoms with Crippen molar-refractivity contribution in [1.82, 2.24) is 10.6 Å². The van der Waals surface area contributed by atoms with Crippen molar-refractivity contribution in [2.24, 2.45) is 0 Å². The van der Waals surface area contributed by atoms with Gasteiger partial charge >= 0.3 is 6.03 Å². The first kappa shape index (κ1) is 26.9. The fourth-order valence-electron chi connectivity index (χ4n) is 4.23. The lowest BCUT2D eigenvalue weighted by atomic mass is 9.79. The summed E-state index contributed by atoms with van der Waals surface area (Å²) in [7, 11) is 0. The molecule has 0 saturated carbocycles. The number of benzene rings is 2. The zero-order valence-corrected chi connectivity index (χ0v) is 20.4. The molecule has 182 valence electrons. The van der Waals surface area contributed by atoms with Crippen LogP contribution in [0.5, 0.6) is 0 Å². The molecule has 2 aromatic carbocycles. The van der Waals surface area contributed by atoms with Crippen LogP contribution in [-0.4, -0.2) is 42.5 Å². The molecule has 2 unspecified atom stereocenters. The number of hydrogen-bond acceptors (Lipinski definition) is 3. The van der Waals surface area contributed by atoms with Gasteiger partial charge in [-0.1, -0.05) is 93.8 Å². The lowest BCUT2D eigenvalue weighted by Gasteiger charge is -2.28. The summed E-state index contributed by atoms with van der Waals surface area (Å²) in [5, 5.41) is 25.6. The van der Waals surface area contributed by atoms with E-state index in [-0.39, 0.29) is 30.1 Å². The van der Waals surface area contributed by atoms with Gasteiger partial charge in [0.25, 0.3) is 0 Å². The highest BCUT2D eigenvalue weighted by Gasteiger charge is 2.25. The van der Waals surface area contributed by atoms with Gasteiger partial charge in [0, 0.05) is 23.9 Å². The van der Waals surface area contributed by atoms with Crippen molar-refractivity contribution < 1.29 is 15.0 Å². The third-order valence-electron chi connectivity index (χ3n) is 6.77. The van der Waals surface area contributed by atoms with Gasteiger partial charge in [-0.05, 0) is 36.8 Å². The van der Waals surface area contributed by atoms with Crippen LogP contribution in [-0.2, 0) is 10.8 Å². The van der Waals surface area contributed by atoms with Gasteiger partial charge in [-0.25, -0.2) is 4.79 Å². The summed E-state index contributed by atoms with van der Waals surface area (Å²) >= 11 is 0. The van der Waals surface area contributed by atoms with Gasteiger partial charge in [-0.3, -0.25) is 0 Å². The molecule has 4 N–H and O–H groups in total. The lowest BCUT2D eigenvalue weighted by Crippen LogP contribution is -2.36. The van der Waals surface area contributed by atoms with Crippen LogP contribution in [0.15, 0.2) is 60.7 Å². The van der Waals surface area contributed by atoms with Crippen LogP contribution in [0.1, 0.15) is 69.9 Å². The maximum atomic E-state index is 12.0. The summed E-state index contributed by atoms with van der Waals surface area (Å²) in [6.45, 7) is 5.74. The average Bonchev–Trinajstić information content (AvgIpc) is 2.86. The summed E-state index contributed by atoms with van der Waals surface area (Å²) in [5.74, 6) is 0. The number of carbonyl (C=O) groups excluding carboxylic acids is 1. The third kappa shape index (κ3) is 8.82. The fourth-order valence-corrected chi connectivity index (χ4v) is 4.23. The minimum atomic E-state index is -0.240. The maximum Gasteiger partial charge on any atom is 0.314 e. The maximum absolute atomic E-state index is 12.0. The second-order valence-electron chi connectivity index (χ2n) is 9.62. The molecule has 2 aromatic rings. The van der Waals surface area contributed by atoms with Gasteiger partial charge in [0.05, 0.1) is 13.2 Å².